The van der Waals surface area contributed by atoms with Crippen LogP contribution in [0.2, 0.25) is 0 Å². The van der Waals surface area contributed by atoms with E-state index in [4.69, 9.17) is 0 Å². The van der Waals surface area contributed by atoms with E-state index in [9.17, 15) is 0 Å². The Morgan fingerprint density at radius 3 is 2.56 bits per heavy atom. The fourth-order valence-corrected chi connectivity index (χ4v) is 1.55. The van der Waals surface area contributed by atoms with E-state index in [1.165, 1.54) is 12.8 Å². The highest BCUT2D eigenvalue weighted by atomic mass is 14.2. The Labute approximate surface area is 58.0 Å². The van der Waals surface area contributed by atoms with Crippen LogP contribution >= 0.6 is 0 Å². The van der Waals surface area contributed by atoms with Crippen LogP contribution in [0, 0.1) is 17.4 Å². The molecule has 1 atom stereocenters. The van der Waals surface area contributed by atoms with Gasteiger partial charge in [-0.2, -0.15) is 0 Å². The maximum atomic E-state index is 3.36. The molecule has 1 aliphatic rings. The summed E-state index contributed by atoms with van der Waals surface area (Å²) in [5.41, 5.74) is 0.345. The Morgan fingerprint density at radius 1 is 1.56 bits per heavy atom. The van der Waals surface area contributed by atoms with Gasteiger partial charge in [0, 0.05) is 0 Å². The van der Waals surface area contributed by atoms with Crippen molar-refractivity contribution in [1.82, 2.24) is 0 Å². The summed E-state index contributed by atoms with van der Waals surface area (Å²) in [6, 6.07) is 0. The van der Waals surface area contributed by atoms with Crippen molar-refractivity contribution < 1.29 is 0 Å². The molecule has 0 nitrogen and oxygen atoms in total. The summed E-state index contributed by atoms with van der Waals surface area (Å²) in [5.74, 6) is 0.862. The zero-order valence-electron chi connectivity index (χ0n) is 6.57. The summed E-state index contributed by atoms with van der Waals surface area (Å²) in [4.78, 5) is 0. The lowest BCUT2D eigenvalue weighted by atomic mass is 9.78. The molecule has 1 radical (unpaired) electrons. The Morgan fingerprint density at radius 2 is 2.22 bits per heavy atom. The van der Waals surface area contributed by atoms with Crippen molar-refractivity contribution in [2.24, 2.45) is 11.3 Å². The highest BCUT2D eigenvalue weighted by Crippen LogP contribution is 2.31. The molecular weight excluding hydrogens is 108 g/mol. The van der Waals surface area contributed by atoms with Crippen LogP contribution in [0.5, 0.6) is 0 Å². The number of hydrogen-bond donors (Lipinski definition) is 0. The molecule has 0 spiro atoms. The normalized spacial score (nSPS) is 32.6. The Kier molecular flexibility index (Phi) is 1.65. The average molecular weight is 123 g/mol. The minimum Gasteiger partial charge on any atom is -0.0802 e. The minimum absolute atomic E-state index is 0.345. The van der Waals surface area contributed by atoms with E-state index in [1.807, 2.05) is 0 Å². The van der Waals surface area contributed by atoms with E-state index >= 15 is 0 Å². The van der Waals surface area contributed by atoms with Crippen LogP contribution in [0.1, 0.15) is 33.6 Å². The van der Waals surface area contributed by atoms with E-state index in [1.54, 1.807) is 0 Å². The molecule has 0 amide bonds. The second-order valence-corrected chi connectivity index (χ2v) is 3.78. The lowest BCUT2D eigenvalue weighted by Gasteiger charge is -2.27. The standard InChI is InChI=1S/C9H15/c1-8-5-4-6-9(2,3)7-8/h4,8H,5,7H2,1-3H3. The first kappa shape index (κ1) is 6.85. The zero-order chi connectivity index (χ0) is 6.91. The fraction of sp³-hybridized carbons (Fsp3) is 0.778. The van der Waals surface area contributed by atoms with Crippen molar-refractivity contribution in [1.29, 1.82) is 0 Å². The first-order chi connectivity index (χ1) is 4.10. The van der Waals surface area contributed by atoms with Gasteiger partial charge in [0.2, 0.25) is 0 Å². The predicted octanol–water partition coefficient (Wildman–Crippen LogP) is 2.80. The van der Waals surface area contributed by atoms with E-state index in [-0.39, 0.29) is 0 Å². The van der Waals surface area contributed by atoms with Crippen molar-refractivity contribution in [2.75, 3.05) is 0 Å². The lowest BCUT2D eigenvalue weighted by Crippen LogP contribution is -2.16. The van der Waals surface area contributed by atoms with Gasteiger partial charge in [0.1, 0.15) is 0 Å². The molecule has 0 saturated carbocycles. The second-order valence-electron chi connectivity index (χ2n) is 3.78. The minimum atomic E-state index is 0.345. The van der Waals surface area contributed by atoms with Gasteiger partial charge in [-0.05, 0) is 30.3 Å². The Bertz CT molecular complexity index is 120. The molecule has 0 aromatic rings. The largest absolute Gasteiger partial charge is 0.0802 e. The van der Waals surface area contributed by atoms with Crippen LogP contribution in [-0.2, 0) is 0 Å². The molecule has 0 saturated heterocycles. The van der Waals surface area contributed by atoms with Crippen LogP contribution in [-0.4, -0.2) is 0 Å². The van der Waals surface area contributed by atoms with Crippen LogP contribution < -0.4 is 0 Å². The summed E-state index contributed by atoms with van der Waals surface area (Å²) in [6.07, 6.45) is 8.07. The van der Waals surface area contributed by atoms with E-state index in [2.05, 4.69) is 32.9 Å². The molecule has 0 fully saturated rings. The number of rotatable bonds is 0. The van der Waals surface area contributed by atoms with E-state index < -0.39 is 0 Å². The van der Waals surface area contributed by atoms with Crippen LogP contribution in [0.4, 0.5) is 0 Å². The van der Waals surface area contributed by atoms with Gasteiger partial charge in [-0.15, -0.1) is 0 Å². The van der Waals surface area contributed by atoms with Gasteiger partial charge in [0.05, 0.1) is 0 Å². The first-order valence-corrected chi connectivity index (χ1v) is 3.69. The average Bonchev–Trinajstić information content (AvgIpc) is 1.60. The van der Waals surface area contributed by atoms with Crippen molar-refractivity contribution >= 4 is 0 Å². The van der Waals surface area contributed by atoms with Gasteiger partial charge in [-0.1, -0.05) is 26.8 Å². The van der Waals surface area contributed by atoms with Gasteiger partial charge in [-0.25, -0.2) is 0 Å². The Hall–Kier alpha value is -0.260. The molecule has 0 heteroatoms. The summed E-state index contributed by atoms with van der Waals surface area (Å²) in [5, 5.41) is 0. The van der Waals surface area contributed by atoms with Crippen molar-refractivity contribution in [3.8, 4) is 0 Å². The molecule has 9 heavy (non-hydrogen) atoms. The van der Waals surface area contributed by atoms with Crippen LogP contribution in [0.15, 0.2) is 6.08 Å². The van der Waals surface area contributed by atoms with Crippen molar-refractivity contribution in [2.45, 2.75) is 33.6 Å². The highest BCUT2D eigenvalue weighted by Gasteiger charge is 2.20. The third-order valence-electron chi connectivity index (χ3n) is 1.87. The quantitative estimate of drug-likeness (QED) is 0.464. The molecule has 0 bridgehead atoms. The maximum absolute atomic E-state index is 3.36. The van der Waals surface area contributed by atoms with Crippen molar-refractivity contribution in [3.05, 3.63) is 12.2 Å². The summed E-state index contributed by atoms with van der Waals surface area (Å²) < 4.78 is 0. The first-order valence-electron chi connectivity index (χ1n) is 3.69. The summed E-state index contributed by atoms with van der Waals surface area (Å²) >= 11 is 0. The third kappa shape index (κ3) is 1.85. The predicted molar refractivity (Wildman–Crippen MR) is 40.0 cm³/mol. The van der Waals surface area contributed by atoms with Gasteiger partial charge in [0.25, 0.3) is 0 Å². The molecule has 51 valence electrons. The number of hydrogen-bond acceptors (Lipinski definition) is 0. The monoisotopic (exact) mass is 123 g/mol. The molecule has 0 aromatic heterocycles. The van der Waals surface area contributed by atoms with Gasteiger partial charge in [-0.3, -0.25) is 0 Å². The smallest absolute Gasteiger partial charge is 0.0101 e. The zero-order valence-corrected chi connectivity index (χ0v) is 6.57. The van der Waals surface area contributed by atoms with Crippen LogP contribution in [0.3, 0.4) is 0 Å². The van der Waals surface area contributed by atoms with Gasteiger partial charge < -0.3 is 0 Å². The molecule has 0 aliphatic heterocycles. The lowest BCUT2D eigenvalue weighted by molar-refractivity contribution is 0.319. The molecular formula is C9H15. The molecule has 1 aliphatic carbocycles. The summed E-state index contributed by atoms with van der Waals surface area (Å²) in [6.45, 7) is 6.80. The van der Waals surface area contributed by atoms with Crippen LogP contribution in [0.25, 0.3) is 0 Å². The Balaban J connectivity index is 2.60. The second kappa shape index (κ2) is 2.17. The fourth-order valence-electron chi connectivity index (χ4n) is 1.55. The highest BCUT2D eigenvalue weighted by molar-refractivity contribution is 4.93. The third-order valence-corrected chi connectivity index (χ3v) is 1.87. The van der Waals surface area contributed by atoms with E-state index in [0.29, 0.717) is 5.41 Å². The molecule has 0 N–H and O–H groups in total. The van der Waals surface area contributed by atoms with E-state index in [0.717, 1.165) is 5.92 Å². The molecule has 0 aromatic carbocycles. The maximum Gasteiger partial charge on any atom is -0.0101 e. The summed E-state index contributed by atoms with van der Waals surface area (Å²) in [7, 11) is 0. The molecule has 0 heterocycles. The SMILES string of the molecule is CC1CC=[C]C(C)(C)C1. The van der Waals surface area contributed by atoms with Gasteiger partial charge >= 0.3 is 0 Å². The topological polar surface area (TPSA) is 0 Å². The number of allylic oxidation sites excluding steroid dienone is 2. The van der Waals surface area contributed by atoms with Crippen molar-refractivity contribution in [3.63, 3.8) is 0 Å². The molecule has 1 rings (SSSR count). The van der Waals surface area contributed by atoms with Gasteiger partial charge in [0.15, 0.2) is 0 Å². The molecule has 1 unspecified atom stereocenters.